The summed E-state index contributed by atoms with van der Waals surface area (Å²) in [4.78, 5) is 0. The van der Waals surface area contributed by atoms with Crippen LogP contribution in [0, 0.1) is 13.8 Å². The Balaban J connectivity index is 1.92. The first-order valence-electron chi connectivity index (χ1n) is 7.53. The Bertz CT molecular complexity index is 403. The number of rotatable bonds is 4. The van der Waals surface area contributed by atoms with Crippen LogP contribution in [0.3, 0.4) is 0 Å². The minimum absolute atomic E-state index is 0.227. The largest absolute Gasteiger partial charge is 0.466 e. The third kappa shape index (κ3) is 3.83. The van der Waals surface area contributed by atoms with Gasteiger partial charge in [-0.1, -0.05) is 25.7 Å². The molecule has 2 rings (SSSR count). The first-order chi connectivity index (χ1) is 9.00. The van der Waals surface area contributed by atoms with Gasteiger partial charge in [-0.2, -0.15) is 0 Å². The molecule has 3 nitrogen and oxygen atoms in total. The second kappa shape index (κ2) is 6.10. The lowest BCUT2D eigenvalue weighted by molar-refractivity contribution is 0.0231. The molecule has 19 heavy (non-hydrogen) atoms. The minimum Gasteiger partial charge on any atom is -0.466 e. The van der Waals surface area contributed by atoms with Crippen LogP contribution in [0.25, 0.3) is 0 Å². The van der Waals surface area contributed by atoms with E-state index in [4.69, 9.17) is 4.42 Å². The number of nitrogens with one attached hydrogen (secondary N) is 1. The lowest BCUT2D eigenvalue weighted by Crippen LogP contribution is -2.41. The first-order valence-corrected chi connectivity index (χ1v) is 7.53. The van der Waals surface area contributed by atoms with Crippen LogP contribution in [0.5, 0.6) is 0 Å². The van der Waals surface area contributed by atoms with E-state index in [2.05, 4.69) is 18.3 Å². The van der Waals surface area contributed by atoms with Gasteiger partial charge in [-0.15, -0.1) is 0 Å². The van der Waals surface area contributed by atoms with E-state index in [9.17, 15) is 5.11 Å². The molecule has 0 saturated heterocycles. The summed E-state index contributed by atoms with van der Waals surface area (Å²) in [6, 6.07) is 2.31. The Morgan fingerprint density at radius 3 is 2.42 bits per heavy atom. The van der Waals surface area contributed by atoms with Gasteiger partial charge in [-0.3, -0.25) is 0 Å². The van der Waals surface area contributed by atoms with Gasteiger partial charge in [0.25, 0.3) is 0 Å². The summed E-state index contributed by atoms with van der Waals surface area (Å²) in [5.41, 5.74) is 0.687. The summed E-state index contributed by atoms with van der Waals surface area (Å²) >= 11 is 0. The van der Waals surface area contributed by atoms with E-state index in [1.807, 2.05) is 13.8 Å². The molecule has 1 heterocycles. The maximum Gasteiger partial charge on any atom is 0.105 e. The van der Waals surface area contributed by atoms with Crippen molar-refractivity contribution in [1.29, 1.82) is 0 Å². The summed E-state index contributed by atoms with van der Waals surface area (Å²) in [6.07, 6.45) is 6.68. The first kappa shape index (κ1) is 14.6. The van der Waals surface area contributed by atoms with Crippen molar-refractivity contribution < 1.29 is 9.52 Å². The van der Waals surface area contributed by atoms with Crippen LogP contribution in [-0.4, -0.2) is 17.3 Å². The molecule has 1 unspecified atom stereocenters. The molecule has 1 aliphatic carbocycles. The minimum atomic E-state index is -0.516. The molecule has 1 atom stereocenters. The zero-order valence-electron chi connectivity index (χ0n) is 12.5. The van der Waals surface area contributed by atoms with Crippen molar-refractivity contribution in [3.63, 3.8) is 0 Å². The van der Waals surface area contributed by atoms with Gasteiger partial charge in [-0.05, 0) is 39.7 Å². The van der Waals surface area contributed by atoms with Crippen LogP contribution < -0.4 is 5.32 Å². The lowest BCUT2D eigenvalue weighted by Gasteiger charge is -2.28. The molecule has 0 aromatic carbocycles. The van der Waals surface area contributed by atoms with E-state index in [0.717, 1.165) is 37.2 Å². The van der Waals surface area contributed by atoms with E-state index in [0.29, 0.717) is 6.54 Å². The highest BCUT2D eigenvalue weighted by atomic mass is 16.3. The van der Waals surface area contributed by atoms with Gasteiger partial charge in [0.2, 0.25) is 0 Å². The molecule has 1 saturated carbocycles. The molecule has 108 valence electrons. The topological polar surface area (TPSA) is 45.4 Å². The average Bonchev–Trinajstić information content (AvgIpc) is 2.58. The van der Waals surface area contributed by atoms with Crippen LogP contribution >= 0.6 is 0 Å². The van der Waals surface area contributed by atoms with E-state index < -0.39 is 5.60 Å². The van der Waals surface area contributed by atoms with E-state index in [-0.39, 0.29) is 6.04 Å². The highest BCUT2D eigenvalue weighted by molar-refractivity contribution is 5.23. The smallest absolute Gasteiger partial charge is 0.105 e. The summed E-state index contributed by atoms with van der Waals surface area (Å²) < 4.78 is 5.57. The molecule has 2 N–H and O–H groups in total. The maximum atomic E-state index is 10.6. The van der Waals surface area contributed by atoms with Gasteiger partial charge >= 0.3 is 0 Å². The number of aryl methyl sites for hydroxylation is 2. The van der Waals surface area contributed by atoms with E-state index >= 15 is 0 Å². The predicted molar refractivity (Wildman–Crippen MR) is 77.3 cm³/mol. The fourth-order valence-corrected chi connectivity index (χ4v) is 3.10. The highest BCUT2D eigenvalue weighted by Crippen LogP contribution is 2.28. The normalized spacial score (nSPS) is 21.1. The number of aliphatic hydroxyl groups is 1. The van der Waals surface area contributed by atoms with Gasteiger partial charge in [0, 0.05) is 18.2 Å². The van der Waals surface area contributed by atoms with E-state index in [1.165, 1.54) is 18.4 Å². The van der Waals surface area contributed by atoms with Crippen LogP contribution in [0.4, 0.5) is 0 Å². The fraction of sp³-hybridized carbons (Fsp3) is 0.750. The Kier molecular flexibility index (Phi) is 4.69. The Morgan fingerprint density at radius 2 is 1.89 bits per heavy atom. The molecule has 0 aliphatic heterocycles. The molecular formula is C16H27NO2. The van der Waals surface area contributed by atoms with Gasteiger partial charge in [0.1, 0.15) is 11.5 Å². The molecule has 0 spiro atoms. The molecule has 1 fully saturated rings. The average molecular weight is 265 g/mol. The standard InChI is InChI=1S/C16H27NO2/c1-12-10-15(14(3)19-12)13(2)17-11-16(18)8-6-4-5-7-9-16/h10,13,17-18H,4-9,11H2,1-3H3. The summed E-state index contributed by atoms with van der Waals surface area (Å²) in [6.45, 7) is 6.79. The van der Waals surface area contributed by atoms with Crippen molar-refractivity contribution >= 4 is 0 Å². The van der Waals surface area contributed by atoms with Gasteiger partial charge < -0.3 is 14.8 Å². The highest BCUT2D eigenvalue weighted by Gasteiger charge is 2.28. The molecule has 1 aromatic heterocycles. The molecule has 3 heteroatoms. The summed E-state index contributed by atoms with van der Waals surface area (Å²) in [7, 11) is 0. The third-order valence-corrected chi connectivity index (χ3v) is 4.32. The van der Waals surface area contributed by atoms with Crippen molar-refractivity contribution in [3.8, 4) is 0 Å². The van der Waals surface area contributed by atoms with Crippen molar-refractivity contribution in [2.45, 2.75) is 70.9 Å². The van der Waals surface area contributed by atoms with Crippen LogP contribution in [0.1, 0.15) is 68.6 Å². The van der Waals surface area contributed by atoms with Crippen LogP contribution in [0.2, 0.25) is 0 Å². The fourth-order valence-electron chi connectivity index (χ4n) is 3.10. The van der Waals surface area contributed by atoms with Crippen LogP contribution in [0.15, 0.2) is 10.5 Å². The Hall–Kier alpha value is -0.800. The van der Waals surface area contributed by atoms with Crippen LogP contribution in [-0.2, 0) is 0 Å². The Morgan fingerprint density at radius 1 is 1.26 bits per heavy atom. The van der Waals surface area contributed by atoms with Gasteiger partial charge in [0.05, 0.1) is 5.60 Å². The van der Waals surface area contributed by atoms with Crippen molar-refractivity contribution in [3.05, 3.63) is 23.2 Å². The SMILES string of the molecule is Cc1cc(C(C)NCC2(O)CCCCCC2)c(C)o1. The number of hydrogen-bond acceptors (Lipinski definition) is 3. The Labute approximate surface area is 116 Å². The predicted octanol–water partition coefficient (Wildman–Crippen LogP) is 3.63. The zero-order valence-corrected chi connectivity index (χ0v) is 12.5. The summed E-state index contributed by atoms with van der Waals surface area (Å²) in [5.74, 6) is 1.93. The molecule has 0 radical (unpaired) electrons. The number of hydrogen-bond donors (Lipinski definition) is 2. The maximum absolute atomic E-state index is 10.6. The van der Waals surface area contributed by atoms with Crippen molar-refractivity contribution in [2.24, 2.45) is 0 Å². The second-order valence-electron chi connectivity index (χ2n) is 6.11. The summed E-state index contributed by atoms with van der Waals surface area (Å²) in [5, 5.41) is 14.1. The van der Waals surface area contributed by atoms with Gasteiger partial charge in [-0.25, -0.2) is 0 Å². The lowest BCUT2D eigenvalue weighted by atomic mass is 9.94. The molecular weight excluding hydrogens is 238 g/mol. The monoisotopic (exact) mass is 265 g/mol. The van der Waals surface area contributed by atoms with Crippen molar-refractivity contribution in [1.82, 2.24) is 5.32 Å². The molecule has 0 bridgehead atoms. The van der Waals surface area contributed by atoms with E-state index in [1.54, 1.807) is 0 Å². The quantitative estimate of drug-likeness (QED) is 0.817. The van der Waals surface area contributed by atoms with Gasteiger partial charge in [0.15, 0.2) is 0 Å². The number of furan rings is 1. The second-order valence-corrected chi connectivity index (χ2v) is 6.11. The van der Waals surface area contributed by atoms with Crippen molar-refractivity contribution in [2.75, 3.05) is 6.54 Å². The molecule has 0 amide bonds. The molecule has 1 aromatic rings. The molecule has 1 aliphatic rings. The third-order valence-electron chi connectivity index (χ3n) is 4.32. The zero-order chi connectivity index (χ0) is 13.9.